The summed E-state index contributed by atoms with van der Waals surface area (Å²) in [5.41, 5.74) is 1.13. The number of benzene rings is 2. The van der Waals surface area contributed by atoms with Crippen LogP contribution in [0.2, 0.25) is 0 Å². The van der Waals surface area contributed by atoms with Crippen molar-refractivity contribution in [2.45, 2.75) is 13.5 Å². The first kappa shape index (κ1) is 20.1. The summed E-state index contributed by atoms with van der Waals surface area (Å²) in [6.45, 7) is 1.52. The zero-order chi connectivity index (χ0) is 22.0. The fraction of sp³-hybridized carbons (Fsp3) is 0.0909. The molecular weight excluding hydrogens is 406 g/mol. The van der Waals surface area contributed by atoms with Gasteiger partial charge in [-0.25, -0.2) is 8.78 Å². The topological polar surface area (TPSA) is 90.0 Å². The van der Waals surface area contributed by atoms with E-state index in [2.05, 4.69) is 15.5 Å². The van der Waals surface area contributed by atoms with Crippen molar-refractivity contribution in [3.63, 3.8) is 0 Å². The largest absolute Gasteiger partial charge is 0.333 e. The summed E-state index contributed by atoms with van der Waals surface area (Å²) in [6, 6.07) is 13.3. The maximum absolute atomic E-state index is 13.7. The highest BCUT2D eigenvalue weighted by Crippen LogP contribution is 2.23. The van der Waals surface area contributed by atoms with Gasteiger partial charge in [0.15, 0.2) is 0 Å². The molecular formula is C22H16F2N4O3. The summed E-state index contributed by atoms with van der Waals surface area (Å²) in [5, 5.41) is 6.25. The van der Waals surface area contributed by atoms with Gasteiger partial charge < -0.3 is 14.4 Å². The second-order valence-corrected chi connectivity index (χ2v) is 6.77. The lowest BCUT2D eigenvalue weighted by atomic mass is 10.1. The molecule has 0 aliphatic rings. The number of hydrogen-bond donors (Lipinski definition) is 1. The Morgan fingerprint density at radius 1 is 1.10 bits per heavy atom. The van der Waals surface area contributed by atoms with Crippen molar-refractivity contribution >= 4 is 11.6 Å². The summed E-state index contributed by atoms with van der Waals surface area (Å²) < 4.78 is 33.1. The molecule has 0 aliphatic heterocycles. The molecule has 0 bridgehead atoms. The van der Waals surface area contributed by atoms with Crippen molar-refractivity contribution in [3.8, 4) is 22.8 Å². The lowest BCUT2D eigenvalue weighted by Crippen LogP contribution is -2.28. The molecule has 4 rings (SSSR count). The first-order chi connectivity index (χ1) is 14.9. The first-order valence-corrected chi connectivity index (χ1v) is 9.27. The van der Waals surface area contributed by atoms with E-state index in [4.69, 9.17) is 4.52 Å². The molecule has 1 N–H and O–H groups in total. The van der Waals surface area contributed by atoms with Crippen molar-refractivity contribution in [1.29, 1.82) is 0 Å². The number of amides is 1. The van der Waals surface area contributed by atoms with E-state index in [9.17, 15) is 18.4 Å². The third kappa shape index (κ3) is 4.25. The van der Waals surface area contributed by atoms with E-state index < -0.39 is 23.1 Å². The fourth-order valence-electron chi connectivity index (χ4n) is 3.03. The predicted molar refractivity (Wildman–Crippen MR) is 109 cm³/mol. The molecule has 1 amide bonds. The fourth-order valence-corrected chi connectivity index (χ4v) is 3.03. The van der Waals surface area contributed by atoms with Crippen molar-refractivity contribution in [2.24, 2.45) is 0 Å². The van der Waals surface area contributed by atoms with Gasteiger partial charge in [0.25, 0.3) is 11.4 Å². The standard InChI is InChI=1S/C22H16F2N4O3/c1-13-5-2-3-6-15(13)20-26-21(31-27-20)16-7-4-10-28(22(16)30)12-19(29)25-18-9-8-14(23)11-17(18)24/h2-11H,12H2,1H3,(H,25,29). The zero-order valence-electron chi connectivity index (χ0n) is 16.3. The molecule has 2 heterocycles. The minimum Gasteiger partial charge on any atom is -0.333 e. The number of nitrogens with zero attached hydrogens (tertiary/aromatic N) is 3. The molecule has 0 aliphatic carbocycles. The maximum Gasteiger partial charge on any atom is 0.263 e. The Kier molecular flexibility index (Phi) is 5.40. The minimum atomic E-state index is -0.913. The molecule has 2 aromatic carbocycles. The van der Waals surface area contributed by atoms with Gasteiger partial charge in [-0.2, -0.15) is 4.98 Å². The molecule has 0 unspecified atom stereocenters. The Morgan fingerprint density at radius 3 is 2.65 bits per heavy atom. The van der Waals surface area contributed by atoms with E-state index in [0.717, 1.165) is 27.8 Å². The minimum absolute atomic E-state index is 0.0163. The van der Waals surface area contributed by atoms with Crippen LogP contribution in [0.25, 0.3) is 22.8 Å². The third-order valence-corrected chi connectivity index (χ3v) is 4.58. The SMILES string of the molecule is Cc1ccccc1-c1noc(-c2cccn(CC(=O)Nc3ccc(F)cc3F)c2=O)n1. The second kappa shape index (κ2) is 8.31. The molecule has 0 atom stereocenters. The zero-order valence-corrected chi connectivity index (χ0v) is 16.3. The van der Waals surface area contributed by atoms with Crippen molar-refractivity contribution in [1.82, 2.24) is 14.7 Å². The van der Waals surface area contributed by atoms with E-state index in [1.54, 1.807) is 6.07 Å². The van der Waals surface area contributed by atoms with Gasteiger partial charge in [-0.05, 0) is 36.8 Å². The summed E-state index contributed by atoms with van der Waals surface area (Å²) >= 11 is 0. The predicted octanol–water partition coefficient (Wildman–Crippen LogP) is 3.79. The van der Waals surface area contributed by atoms with Crippen LogP contribution in [0.15, 0.2) is 70.1 Å². The van der Waals surface area contributed by atoms with Crippen LogP contribution in [0.5, 0.6) is 0 Å². The van der Waals surface area contributed by atoms with Crippen LogP contribution >= 0.6 is 0 Å². The Morgan fingerprint density at radius 2 is 1.87 bits per heavy atom. The number of halogens is 2. The Labute approximate surface area is 175 Å². The van der Waals surface area contributed by atoms with Gasteiger partial charge in [0.1, 0.15) is 23.7 Å². The van der Waals surface area contributed by atoms with Crippen LogP contribution in [0, 0.1) is 18.6 Å². The first-order valence-electron chi connectivity index (χ1n) is 9.27. The van der Waals surface area contributed by atoms with Gasteiger partial charge in [0.05, 0.1) is 5.69 Å². The average Bonchev–Trinajstić information content (AvgIpc) is 3.22. The Balaban J connectivity index is 1.57. The Bertz CT molecular complexity index is 1330. The normalized spacial score (nSPS) is 10.8. The van der Waals surface area contributed by atoms with Crippen LogP contribution in [0.3, 0.4) is 0 Å². The quantitative estimate of drug-likeness (QED) is 0.529. The van der Waals surface area contributed by atoms with Crippen molar-refractivity contribution in [2.75, 3.05) is 5.32 Å². The monoisotopic (exact) mass is 422 g/mol. The molecule has 0 saturated carbocycles. The number of hydrogen-bond acceptors (Lipinski definition) is 5. The highest BCUT2D eigenvalue weighted by molar-refractivity contribution is 5.90. The number of nitrogens with one attached hydrogen (secondary N) is 1. The number of rotatable bonds is 5. The second-order valence-electron chi connectivity index (χ2n) is 6.77. The maximum atomic E-state index is 13.7. The lowest BCUT2D eigenvalue weighted by molar-refractivity contribution is -0.116. The molecule has 4 aromatic rings. The highest BCUT2D eigenvalue weighted by atomic mass is 19.1. The van der Waals surface area contributed by atoms with E-state index in [1.165, 1.54) is 12.3 Å². The van der Waals surface area contributed by atoms with Gasteiger partial charge >= 0.3 is 0 Å². The van der Waals surface area contributed by atoms with Gasteiger partial charge in [-0.15, -0.1) is 0 Å². The van der Waals surface area contributed by atoms with Gasteiger partial charge in [0, 0.05) is 17.8 Å². The summed E-state index contributed by atoms with van der Waals surface area (Å²) in [7, 11) is 0. The summed E-state index contributed by atoms with van der Waals surface area (Å²) in [6.07, 6.45) is 1.41. The van der Waals surface area contributed by atoms with Gasteiger partial charge in [-0.3, -0.25) is 9.59 Å². The molecule has 2 aromatic heterocycles. The smallest absolute Gasteiger partial charge is 0.263 e. The summed E-state index contributed by atoms with van der Waals surface area (Å²) in [5.74, 6) is -1.97. The molecule has 7 nitrogen and oxygen atoms in total. The number of aryl methyl sites for hydroxylation is 1. The molecule has 156 valence electrons. The van der Waals surface area contributed by atoms with Crippen molar-refractivity contribution < 1.29 is 18.1 Å². The van der Waals surface area contributed by atoms with Crippen LogP contribution in [0.1, 0.15) is 5.56 Å². The molecule has 31 heavy (non-hydrogen) atoms. The average molecular weight is 422 g/mol. The van der Waals surface area contributed by atoms with Crippen LogP contribution in [0.4, 0.5) is 14.5 Å². The van der Waals surface area contributed by atoms with Crippen LogP contribution in [-0.4, -0.2) is 20.6 Å². The number of anilines is 1. The number of carbonyl (C=O) groups excluding carboxylic acids is 1. The summed E-state index contributed by atoms with van der Waals surface area (Å²) in [4.78, 5) is 29.4. The van der Waals surface area contributed by atoms with Gasteiger partial charge in [-0.1, -0.05) is 29.4 Å². The molecule has 0 radical (unpaired) electrons. The van der Waals surface area contributed by atoms with Crippen molar-refractivity contribution in [3.05, 3.63) is 88.3 Å². The van der Waals surface area contributed by atoms with E-state index >= 15 is 0 Å². The van der Waals surface area contributed by atoms with E-state index in [0.29, 0.717) is 11.9 Å². The van der Waals surface area contributed by atoms with E-state index in [-0.39, 0.29) is 23.7 Å². The van der Waals surface area contributed by atoms with Gasteiger partial charge in [0.2, 0.25) is 11.7 Å². The number of carbonyl (C=O) groups is 1. The lowest BCUT2D eigenvalue weighted by Gasteiger charge is -2.09. The molecule has 0 spiro atoms. The van der Waals surface area contributed by atoms with Crippen LogP contribution < -0.4 is 10.9 Å². The van der Waals surface area contributed by atoms with E-state index in [1.807, 2.05) is 31.2 Å². The third-order valence-electron chi connectivity index (χ3n) is 4.58. The Hall–Kier alpha value is -4.14. The number of pyridine rings is 1. The molecule has 0 fully saturated rings. The highest BCUT2D eigenvalue weighted by Gasteiger charge is 2.17. The number of aromatic nitrogens is 3. The molecule has 9 heteroatoms. The molecule has 0 saturated heterocycles. The van der Waals surface area contributed by atoms with Crippen LogP contribution in [-0.2, 0) is 11.3 Å².